The SMILES string of the molecule is CCCN1CCCN(C(=O)c2ccc(NC(=O)NC(C)C)cc2)CC1. The second-order valence-electron chi connectivity index (χ2n) is 6.82. The quantitative estimate of drug-likeness (QED) is 0.862. The third-order valence-corrected chi connectivity index (χ3v) is 4.23. The third-order valence-electron chi connectivity index (χ3n) is 4.23. The van der Waals surface area contributed by atoms with Crippen molar-refractivity contribution in [2.45, 2.75) is 39.7 Å². The van der Waals surface area contributed by atoms with Crippen LogP contribution in [0.2, 0.25) is 0 Å². The predicted molar refractivity (Wildman–Crippen MR) is 101 cm³/mol. The number of benzene rings is 1. The molecule has 0 saturated carbocycles. The predicted octanol–water partition coefficient (Wildman–Crippen LogP) is 2.77. The van der Waals surface area contributed by atoms with Gasteiger partial charge >= 0.3 is 6.03 Å². The van der Waals surface area contributed by atoms with Gasteiger partial charge in [-0.3, -0.25) is 4.79 Å². The first-order valence-corrected chi connectivity index (χ1v) is 9.18. The van der Waals surface area contributed by atoms with Crippen molar-refractivity contribution in [2.24, 2.45) is 0 Å². The highest BCUT2D eigenvalue weighted by molar-refractivity contribution is 5.95. The Balaban J connectivity index is 1.92. The van der Waals surface area contributed by atoms with Gasteiger partial charge in [0.15, 0.2) is 0 Å². The maximum Gasteiger partial charge on any atom is 0.319 e. The summed E-state index contributed by atoms with van der Waals surface area (Å²) in [6.07, 6.45) is 2.16. The van der Waals surface area contributed by atoms with E-state index >= 15 is 0 Å². The Labute approximate surface area is 150 Å². The van der Waals surface area contributed by atoms with E-state index in [2.05, 4.69) is 22.5 Å². The Kier molecular flexibility index (Phi) is 7.25. The highest BCUT2D eigenvalue weighted by Gasteiger charge is 2.20. The molecule has 2 rings (SSSR count). The summed E-state index contributed by atoms with van der Waals surface area (Å²) in [7, 11) is 0. The number of carbonyl (C=O) groups is 2. The van der Waals surface area contributed by atoms with Crippen LogP contribution in [-0.2, 0) is 0 Å². The average Bonchev–Trinajstić information content (AvgIpc) is 2.80. The Bertz CT molecular complexity index is 571. The molecule has 25 heavy (non-hydrogen) atoms. The van der Waals surface area contributed by atoms with E-state index < -0.39 is 0 Å². The fraction of sp³-hybridized carbons (Fsp3) is 0.579. The Morgan fingerprint density at radius 1 is 1.08 bits per heavy atom. The maximum atomic E-state index is 12.7. The van der Waals surface area contributed by atoms with Crippen LogP contribution >= 0.6 is 0 Å². The molecule has 1 fully saturated rings. The first kappa shape index (κ1) is 19.2. The van der Waals surface area contributed by atoms with Crippen molar-refractivity contribution in [3.63, 3.8) is 0 Å². The maximum absolute atomic E-state index is 12.7. The number of carbonyl (C=O) groups excluding carboxylic acids is 2. The molecular weight excluding hydrogens is 316 g/mol. The fourth-order valence-corrected chi connectivity index (χ4v) is 3.02. The molecule has 0 bridgehead atoms. The molecule has 138 valence electrons. The summed E-state index contributed by atoms with van der Waals surface area (Å²) in [6.45, 7) is 10.7. The molecule has 1 heterocycles. The van der Waals surface area contributed by atoms with Crippen molar-refractivity contribution in [3.8, 4) is 0 Å². The molecule has 0 aromatic heterocycles. The van der Waals surface area contributed by atoms with Gasteiger partial charge in [0.2, 0.25) is 0 Å². The van der Waals surface area contributed by atoms with Crippen LogP contribution in [-0.4, -0.2) is 60.5 Å². The second-order valence-corrected chi connectivity index (χ2v) is 6.82. The van der Waals surface area contributed by atoms with Gasteiger partial charge in [-0.05, 0) is 64.0 Å². The number of nitrogens with zero attached hydrogens (tertiary/aromatic N) is 2. The molecule has 1 saturated heterocycles. The van der Waals surface area contributed by atoms with E-state index in [4.69, 9.17) is 0 Å². The van der Waals surface area contributed by atoms with E-state index in [9.17, 15) is 9.59 Å². The Morgan fingerprint density at radius 2 is 1.80 bits per heavy atom. The minimum Gasteiger partial charge on any atom is -0.337 e. The zero-order valence-corrected chi connectivity index (χ0v) is 15.5. The molecule has 0 aliphatic carbocycles. The molecule has 6 heteroatoms. The number of anilines is 1. The lowest BCUT2D eigenvalue weighted by Crippen LogP contribution is -2.35. The van der Waals surface area contributed by atoms with Gasteiger partial charge in [0.05, 0.1) is 0 Å². The van der Waals surface area contributed by atoms with Crippen LogP contribution in [0.25, 0.3) is 0 Å². The number of nitrogens with one attached hydrogen (secondary N) is 2. The van der Waals surface area contributed by atoms with E-state index in [1.165, 1.54) is 0 Å². The van der Waals surface area contributed by atoms with Gasteiger partial charge in [-0.2, -0.15) is 0 Å². The molecule has 0 atom stereocenters. The van der Waals surface area contributed by atoms with Crippen molar-refractivity contribution >= 4 is 17.6 Å². The van der Waals surface area contributed by atoms with Crippen LogP contribution in [0.3, 0.4) is 0 Å². The van der Waals surface area contributed by atoms with Crippen LogP contribution in [0, 0.1) is 0 Å². The molecule has 0 radical (unpaired) electrons. The first-order chi connectivity index (χ1) is 12.0. The van der Waals surface area contributed by atoms with Crippen LogP contribution < -0.4 is 10.6 Å². The largest absolute Gasteiger partial charge is 0.337 e. The standard InChI is InChI=1S/C19H30N4O2/c1-4-10-22-11-5-12-23(14-13-22)18(24)16-6-8-17(9-7-16)21-19(25)20-15(2)3/h6-9,15H,4-5,10-14H2,1-3H3,(H2,20,21,25). The Hall–Kier alpha value is -2.08. The molecule has 1 aliphatic heterocycles. The van der Waals surface area contributed by atoms with Crippen LogP contribution in [0.1, 0.15) is 44.0 Å². The molecule has 6 nitrogen and oxygen atoms in total. The summed E-state index contributed by atoms with van der Waals surface area (Å²) in [5, 5.41) is 5.54. The van der Waals surface area contributed by atoms with Gasteiger partial charge in [0.1, 0.15) is 0 Å². The lowest BCUT2D eigenvalue weighted by molar-refractivity contribution is 0.0761. The third kappa shape index (κ3) is 6.05. The zero-order valence-electron chi connectivity index (χ0n) is 15.5. The normalized spacial score (nSPS) is 15.8. The number of hydrogen-bond acceptors (Lipinski definition) is 3. The van der Waals surface area contributed by atoms with E-state index in [-0.39, 0.29) is 18.0 Å². The lowest BCUT2D eigenvalue weighted by atomic mass is 10.1. The van der Waals surface area contributed by atoms with E-state index in [0.29, 0.717) is 11.3 Å². The highest BCUT2D eigenvalue weighted by Crippen LogP contribution is 2.13. The highest BCUT2D eigenvalue weighted by atomic mass is 16.2. The van der Waals surface area contributed by atoms with Gasteiger partial charge in [-0.25, -0.2) is 4.79 Å². The fourth-order valence-electron chi connectivity index (χ4n) is 3.02. The molecule has 0 spiro atoms. The first-order valence-electron chi connectivity index (χ1n) is 9.18. The summed E-state index contributed by atoms with van der Waals surface area (Å²) in [5.74, 6) is 0.0662. The summed E-state index contributed by atoms with van der Waals surface area (Å²) in [6, 6.07) is 6.95. The zero-order chi connectivity index (χ0) is 18.2. The lowest BCUT2D eigenvalue weighted by Gasteiger charge is -2.22. The van der Waals surface area contributed by atoms with Crippen molar-refractivity contribution < 1.29 is 9.59 Å². The topological polar surface area (TPSA) is 64.7 Å². The number of hydrogen-bond donors (Lipinski definition) is 2. The van der Waals surface area contributed by atoms with Crippen LogP contribution in [0.5, 0.6) is 0 Å². The molecule has 1 aromatic rings. The Morgan fingerprint density at radius 3 is 2.44 bits per heavy atom. The summed E-state index contributed by atoms with van der Waals surface area (Å²) in [4.78, 5) is 28.8. The van der Waals surface area contributed by atoms with Gasteiger partial charge in [0.25, 0.3) is 5.91 Å². The summed E-state index contributed by atoms with van der Waals surface area (Å²) >= 11 is 0. The van der Waals surface area contributed by atoms with Gasteiger partial charge in [0, 0.05) is 36.9 Å². The average molecular weight is 346 g/mol. The van der Waals surface area contributed by atoms with E-state index in [1.807, 2.05) is 18.7 Å². The minimum absolute atomic E-state index is 0.0662. The van der Waals surface area contributed by atoms with Crippen molar-refractivity contribution in [3.05, 3.63) is 29.8 Å². The van der Waals surface area contributed by atoms with E-state index in [1.54, 1.807) is 24.3 Å². The van der Waals surface area contributed by atoms with Crippen molar-refractivity contribution in [2.75, 3.05) is 38.0 Å². The number of amides is 3. The molecule has 3 amide bonds. The molecule has 1 aromatic carbocycles. The number of urea groups is 1. The van der Waals surface area contributed by atoms with Crippen molar-refractivity contribution in [1.29, 1.82) is 0 Å². The molecule has 0 unspecified atom stereocenters. The van der Waals surface area contributed by atoms with Crippen LogP contribution in [0.15, 0.2) is 24.3 Å². The van der Waals surface area contributed by atoms with Crippen LogP contribution in [0.4, 0.5) is 10.5 Å². The molecule has 2 N–H and O–H groups in total. The molecular formula is C19H30N4O2. The van der Waals surface area contributed by atoms with Gasteiger partial charge < -0.3 is 20.4 Å². The smallest absolute Gasteiger partial charge is 0.319 e. The number of rotatable bonds is 5. The monoisotopic (exact) mass is 346 g/mol. The van der Waals surface area contributed by atoms with Gasteiger partial charge in [-0.1, -0.05) is 6.92 Å². The van der Waals surface area contributed by atoms with Crippen molar-refractivity contribution in [1.82, 2.24) is 15.1 Å². The summed E-state index contributed by atoms with van der Waals surface area (Å²) in [5.41, 5.74) is 1.35. The summed E-state index contributed by atoms with van der Waals surface area (Å²) < 4.78 is 0. The minimum atomic E-state index is -0.238. The molecule has 1 aliphatic rings. The van der Waals surface area contributed by atoms with Gasteiger partial charge in [-0.15, -0.1) is 0 Å². The second kappa shape index (κ2) is 9.42. The van der Waals surface area contributed by atoms with E-state index in [0.717, 1.165) is 45.6 Å².